The fraction of sp³-hybridized carbons (Fsp3) is 0.263. The van der Waals surface area contributed by atoms with Crippen LogP contribution in [0.1, 0.15) is 49.9 Å². The van der Waals surface area contributed by atoms with Crippen LogP contribution in [0.5, 0.6) is 0 Å². The van der Waals surface area contributed by atoms with Crippen LogP contribution in [0.15, 0.2) is 36.4 Å². The van der Waals surface area contributed by atoms with Crippen molar-refractivity contribution in [3.05, 3.63) is 69.2 Å². The number of halogens is 1. The van der Waals surface area contributed by atoms with E-state index in [0.29, 0.717) is 22.7 Å². The molecule has 122 valence electrons. The van der Waals surface area contributed by atoms with Crippen LogP contribution in [-0.4, -0.2) is 23.9 Å². The van der Waals surface area contributed by atoms with E-state index in [-0.39, 0.29) is 17.9 Å². The van der Waals surface area contributed by atoms with Crippen molar-refractivity contribution in [2.45, 2.75) is 25.4 Å². The Morgan fingerprint density at radius 1 is 1.25 bits per heavy atom. The third kappa shape index (κ3) is 2.21. The summed E-state index contributed by atoms with van der Waals surface area (Å²) in [5.41, 5.74) is 4.37. The van der Waals surface area contributed by atoms with Crippen molar-refractivity contribution < 1.29 is 14.3 Å². The van der Waals surface area contributed by atoms with E-state index in [0.717, 1.165) is 29.5 Å². The number of methoxy groups -OCH3 is 1. The SMILES string of the molecule is COC(=O)c1ccc2c(c1)CCC2N1Cc2cccc(Cl)c2C1=O. The van der Waals surface area contributed by atoms with Gasteiger partial charge in [-0.05, 0) is 47.7 Å². The summed E-state index contributed by atoms with van der Waals surface area (Å²) in [6.45, 7) is 0.581. The first-order valence-corrected chi connectivity index (χ1v) is 8.27. The molecule has 1 amide bonds. The number of hydrogen-bond acceptors (Lipinski definition) is 3. The van der Waals surface area contributed by atoms with Gasteiger partial charge in [-0.15, -0.1) is 0 Å². The molecule has 24 heavy (non-hydrogen) atoms. The normalized spacial score (nSPS) is 18.5. The van der Waals surface area contributed by atoms with E-state index in [1.165, 1.54) is 7.11 Å². The van der Waals surface area contributed by atoms with Gasteiger partial charge in [0.05, 0.1) is 29.3 Å². The quantitative estimate of drug-likeness (QED) is 0.781. The Morgan fingerprint density at radius 3 is 2.83 bits per heavy atom. The maximum Gasteiger partial charge on any atom is 0.337 e. The van der Waals surface area contributed by atoms with Gasteiger partial charge < -0.3 is 9.64 Å². The van der Waals surface area contributed by atoms with Crippen molar-refractivity contribution >= 4 is 23.5 Å². The molecule has 4 rings (SSSR count). The van der Waals surface area contributed by atoms with Crippen LogP contribution in [0.4, 0.5) is 0 Å². The summed E-state index contributed by atoms with van der Waals surface area (Å²) in [4.78, 5) is 26.4. The average Bonchev–Trinajstić information content (AvgIpc) is 3.15. The highest BCUT2D eigenvalue weighted by Crippen LogP contribution is 2.41. The lowest BCUT2D eigenvalue weighted by atomic mass is 10.0. The molecule has 2 aliphatic rings. The first-order chi connectivity index (χ1) is 11.6. The summed E-state index contributed by atoms with van der Waals surface area (Å²) in [5.74, 6) is -0.344. The molecular formula is C19H16ClNO3. The minimum atomic E-state index is -0.335. The lowest BCUT2D eigenvalue weighted by Gasteiger charge is -2.25. The Hall–Kier alpha value is -2.33. The number of carbonyl (C=O) groups is 2. The first-order valence-electron chi connectivity index (χ1n) is 7.89. The molecule has 2 aromatic carbocycles. The zero-order valence-electron chi connectivity index (χ0n) is 13.2. The van der Waals surface area contributed by atoms with Gasteiger partial charge in [0.25, 0.3) is 5.91 Å². The number of nitrogens with zero attached hydrogens (tertiary/aromatic N) is 1. The molecule has 0 fully saturated rings. The average molecular weight is 342 g/mol. The monoisotopic (exact) mass is 341 g/mol. The van der Waals surface area contributed by atoms with Gasteiger partial charge in [0.2, 0.25) is 0 Å². The zero-order chi connectivity index (χ0) is 16.8. The number of rotatable bonds is 2. The summed E-state index contributed by atoms with van der Waals surface area (Å²) >= 11 is 6.21. The number of aryl methyl sites for hydroxylation is 1. The van der Waals surface area contributed by atoms with E-state index in [9.17, 15) is 9.59 Å². The first kappa shape index (κ1) is 15.2. The number of carbonyl (C=O) groups excluding carboxylic acids is 2. The summed E-state index contributed by atoms with van der Waals surface area (Å²) in [5, 5.41) is 0.513. The molecule has 0 saturated heterocycles. The third-order valence-corrected chi connectivity index (χ3v) is 5.22. The van der Waals surface area contributed by atoms with Gasteiger partial charge in [-0.1, -0.05) is 29.8 Å². The molecule has 0 bridgehead atoms. The van der Waals surface area contributed by atoms with Gasteiger partial charge in [0, 0.05) is 6.54 Å². The standard InChI is InChI=1S/C19H16ClNO3/c1-24-19(23)12-5-7-14-11(9-12)6-8-16(14)21-10-13-3-2-4-15(20)17(13)18(21)22/h2-5,7,9,16H,6,8,10H2,1H3. The summed E-state index contributed by atoms with van der Waals surface area (Å²) in [6.07, 6.45) is 1.70. The second kappa shape index (κ2) is 5.64. The van der Waals surface area contributed by atoms with Gasteiger partial charge in [-0.2, -0.15) is 0 Å². The van der Waals surface area contributed by atoms with Gasteiger partial charge in [0.1, 0.15) is 0 Å². The van der Waals surface area contributed by atoms with E-state index in [1.54, 1.807) is 12.1 Å². The number of esters is 1. The molecule has 0 spiro atoms. The molecule has 0 N–H and O–H groups in total. The van der Waals surface area contributed by atoms with Gasteiger partial charge >= 0.3 is 5.97 Å². The highest BCUT2D eigenvalue weighted by Gasteiger charge is 2.37. The van der Waals surface area contributed by atoms with Crippen LogP contribution < -0.4 is 0 Å². The second-order valence-electron chi connectivity index (χ2n) is 6.17. The van der Waals surface area contributed by atoms with Crippen LogP contribution in [0.25, 0.3) is 0 Å². The number of benzene rings is 2. The Kier molecular flexibility index (Phi) is 3.57. The zero-order valence-corrected chi connectivity index (χ0v) is 14.0. The molecule has 1 aliphatic heterocycles. The van der Waals surface area contributed by atoms with E-state index in [2.05, 4.69) is 0 Å². The molecule has 0 aromatic heterocycles. The third-order valence-electron chi connectivity index (χ3n) is 4.90. The van der Waals surface area contributed by atoms with Crippen LogP contribution >= 0.6 is 11.6 Å². The fourth-order valence-electron chi connectivity index (χ4n) is 3.75. The maximum atomic E-state index is 12.8. The number of fused-ring (bicyclic) bond motifs is 2. The van der Waals surface area contributed by atoms with Crippen molar-refractivity contribution in [3.63, 3.8) is 0 Å². The van der Waals surface area contributed by atoms with Crippen LogP contribution in [0, 0.1) is 0 Å². The summed E-state index contributed by atoms with van der Waals surface area (Å²) in [7, 11) is 1.38. The summed E-state index contributed by atoms with van der Waals surface area (Å²) in [6, 6.07) is 11.2. The van der Waals surface area contributed by atoms with Crippen LogP contribution in [-0.2, 0) is 17.7 Å². The molecule has 0 saturated carbocycles. The predicted octanol–water partition coefficient (Wildman–Crippen LogP) is 3.77. The molecule has 2 aromatic rings. The van der Waals surface area contributed by atoms with Crippen molar-refractivity contribution in [3.8, 4) is 0 Å². The van der Waals surface area contributed by atoms with E-state index in [1.807, 2.05) is 29.2 Å². The molecular weight excluding hydrogens is 326 g/mol. The minimum Gasteiger partial charge on any atom is -0.465 e. The molecule has 0 radical (unpaired) electrons. The Balaban J connectivity index is 1.67. The Labute approximate surface area is 145 Å². The largest absolute Gasteiger partial charge is 0.465 e. The van der Waals surface area contributed by atoms with Crippen molar-refractivity contribution in [1.29, 1.82) is 0 Å². The van der Waals surface area contributed by atoms with Crippen molar-refractivity contribution in [2.24, 2.45) is 0 Å². The fourth-order valence-corrected chi connectivity index (χ4v) is 4.03. The Bertz CT molecular complexity index is 862. The smallest absolute Gasteiger partial charge is 0.337 e. The van der Waals surface area contributed by atoms with E-state index in [4.69, 9.17) is 16.3 Å². The van der Waals surface area contributed by atoms with Crippen molar-refractivity contribution in [2.75, 3.05) is 7.11 Å². The van der Waals surface area contributed by atoms with Crippen molar-refractivity contribution in [1.82, 2.24) is 4.90 Å². The molecule has 4 nitrogen and oxygen atoms in total. The minimum absolute atomic E-state index is 0.00880. The lowest BCUT2D eigenvalue weighted by Crippen LogP contribution is -2.27. The van der Waals surface area contributed by atoms with E-state index >= 15 is 0 Å². The summed E-state index contributed by atoms with van der Waals surface area (Å²) < 4.78 is 4.78. The molecule has 1 unspecified atom stereocenters. The van der Waals surface area contributed by atoms with E-state index < -0.39 is 0 Å². The Morgan fingerprint density at radius 2 is 2.08 bits per heavy atom. The molecule has 1 heterocycles. The second-order valence-corrected chi connectivity index (χ2v) is 6.57. The number of hydrogen-bond donors (Lipinski definition) is 0. The molecule has 1 atom stereocenters. The lowest BCUT2D eigenvalue weighted by molar-refractivity contribution is 0.0599. The van der Waals surface area contributed by atoms with Crippen LogP contribution in [0.3, 0.4) is 0 Å². The van der Waals surface area contributed by atoms with Gasteiger partial charge in [-0.25, -0.2) is 4.79 Å². The molecule has 5 heteroatoms. The van der Waals surface area contributed by atoms with Gasteiger partial charge in [0.15, 0.2) is 0 Å². The highest BCUT2D eigenvalue weighted by atomic mass is 35.5. The van der Waals surface area contributed by atoms with Gasteiger partial charge in [-0.3, -0.25) is 4.79 Å². The predicted molar refractivity (Wildman–Crippen MR) is 90.2 cm³/mol. The number of amides is 1. The highest BCUT2D eigenvalue weighted by molar-refractivity contribution is 6.34. The topological polar surface area (TPSA) is 46.6 Å². The maximum absolute atomic E-state index is 12.8. The van der Waals surface area contributed by atoms with Crippen LogP contribution in [0.2, 0.25) is 5.02 Å². The number of ether oxygens (including phenoxy) is 1. The molecule has 1 aliphatic carbocycles.